The Morgan fingerprint density at radius 3 is 2.22 bits per heavy atom. The van der Waals surface area contributed by atoms with E-state index in [2.05, 4.69) is 33.0 Å². The molecule has 0 spiro atoms. The Hall–Kier alpha value is -5.25. The first-order valence-electron chi connectivity index (χ1n) is 16.8. The highest BCUT2D eigenvalue weighted by Gasteiger charge is 2.38. The van der Waals surface area contributed by atoms with Gasteiger partial charge in [-0.3, -0.25) is 5.32 Å². The van der Waals surface area contributed by atoms with Gasteiger partial charge in [0.05, 0.1) is 7.11 Å². The first kappa shape index (κ1) is 35.1. The predicted molar refractivity (Wildman–Crippen MR) is 194 cm³/mol. The maximum atomic E-state index is 13.7. The van der Waals surface area contributed by atoms with Gasteiger partial charge in [0.15, 0.2) is 11.6 Å². The Bertz CT molecular complexity index is 1710. The number of anilines is 3. The second-order valence-electron chi connectivity index (χ2n) is 13.2. The van der Waals surface area contributed by atoms with E-state index in [0.29, 0.717) is 37.6 Å². The van der Waals surface area contributed by atoms with Gasteiger partial charge < -0.3 is 30.1 Å². The number of ether oxygens (including phenoxy) is 2. The number of hydrogen-bond acceptors (Lipinski definition) is 6. The Morgan fingerprint density at radius 1 is 0.898 bits per heavy atom. The van der Waals surface area contributed by atoms with Crippen LogP contribution >= 0.6 is 0 Å². The van der Waals surface area contributed by atoms with Crippen LogP contribution in [0, 0.1) is 0 Å². The first-order valence-corrected chi connectivity index (χ1v) is 16.8. The number of aromatic nitrogens is 1. The van der Waals surface area contributed by atoms with Crippen LogP contribution in [0.25, 0.3) is 0 Å². The van der Waals surface area contributed by atoms with Crippen molar-refractivity contribution in [1.82, 2.24) is 10.3 Å². The van der Waals surface area contributed by atoms with Crippen LogP contribution in [0.2, 0.25) is 0 Å². The Labute approximate surface area is 288 Å². The number of carboxylic acid groups (broad SMARTS) is 1. The molecule has 10 heteroatoms. The van der Waals surface area contributed by atoms with E-state index in [1.54, 1.807) is 25.4 Å². The number of benzene rings is 3. The van der Waals surface area contributed by atoms with Crippen LogP contribution in [0.1, 0.15) is 74.6 Å². The molecule has 0 unspecified atom stereocenters. The van der Waals surface area contributed by atoms with Gasteiger partial charge in [0.1, 0.15) is 12.4 Å². The van der Waals surface area contributed by atoms with Gasteiger partial charge in [-0.2, -0.15) is 0 Å². The van der Waals surface area contributed by atoms with Crippen molar-refractivity contribution in [2.75, 3.05) is 42.3 Å². The highest BCUT2D eigenvalue weighted by molar-refractivity contribution is 5.93. The number of rotatable bonds is 12. The molecular formula is C39H47N5O5. The molecule has 1 aromatic heterocycles. The number of carbonyl (C=O) groups excluding carboxylic acids is 1. The van der Waals surface area contributed by atoms with Gasteiger partial charge in [0.25, 0.3) is 0 Å². The molecular weight excluding hydrogens is 618 g/mol. The number of hydrogen-bond donors (Lipinski definition) is 4. The fraction of sp³-hybridized carbons (Fsp3) is 0.359. The second kappa shape index (κ2) is 15.8. The van der Waals surface area contributed by atoms with Gasteiger partial charge in [-0.05, 0) is 83.3 Å². The van der Waals surface area contributed by atoms with Crippen molar-refractivity contribution in [2.24, 2.45) is 0 Å². The molecule has 1 fully saturated rings. The first-order chi connectivity index (χ1) is 23.6. The fourth-order valence-corrected chi connectivity index (χ4v) is 6.48. The third-order valence-corrected chi connectivity index (χ3v) is 9.21. The van der Waals surface area contributed by atoms with Gasteiger partial charge in [0.2, 0.25) is 0 Å². The highest BCUT2D eigenvalue weighted by atomic mass is 16.5. The lowest BCUT2D eigenvalue weighted by molar-refractivity contribution is 0.209. The molecule has 3 amide bonds. The summed E-state index contributed by atoms with van der Waals surface area (Å²) in [5, 5.41) is 18.1. The number of methoxy groups -OCH3 is 1. The van der Waals surface area contributed by atoms with E-state index < -0.39 is 6.09 Å². The molecule has 0 radical (unpaired) electrons. The predicted octanol–water partition coefficient (Wildman–Crippen LogP) is 8.37. The lowest BCUT2D eigenvalue weighted by Gasteiger charge is -2.43. The van der Waals surface area contributed by atoms with E-state index in [9.17, 15) is 14.7 Å². The molecule has 5 rings (SSSR count). The van der Waals surface area contributed by atoms with Crippen molar-refractivity contribution in [3.63, 3.8) is 0 Å². The topological polar surface area (TPSA) is 125 Å². The average Bonchev–Trinajstić information content (AvgIpc) is 3.10. The largest absolute Gasteiger partial charge is 0.497 e. The van der Waals surface area contributed by atoms with Crippen LogP contribution < -0.4 is 30.3 Å². The zero-order chi connectivity index (χ0) is 35.0. The highest BCUT2D eigenvalue weighted by Crippen LogP contribution is 2.40. The number of nitrogens with one attached hydrogen (secondary N) is 3. The summed E-state index contributed by atoms with van der Waals surface area (Å²) in [6.45, 7) is 10.4. The summed E-state index contributed by atoms with van der Waals surface area (Å²) >= 11 is 0. The lowest BCUT2D eigenvalue weighted by Crippen LogP contribution is -2.50. The molecule has 1 saturated heterocycles. The monoisotopic (exact) mass is 665 g/mol. The summed E-state index contributed by atoms with van der Waals surface area (Å²) in [6.07, 6.45) is 2.19. The Balaban J connectivity index is 1.36. The summed E-state index contributed by atoms with van der Waals surface area (Å²) < 4.78 is 11.8. The normalized spacial score (nSPS) is 14.0. The molecule has 49 heavy (non-hydrogen) atoms. The van der Waals surface area contributed by atoms with Crippen molar-refractivity contribution in [1.29, 1.82) is 0 Å². The zero-order valence-electron chi connectivity index (χ0n) is 29.0. The number of amides is 3. The van der Waals surface area contributed by atoms with E-state index >= 15 is 0 Å². The van der Waals surface area contributed by atoms with Crippen molar-refractivity contribution < 1.29 is 24.2 Å². The smallest absolute Gasteiger partial charge is 0.409 e. The summed E-state index contributed by atoms with van der Waals surface area (Å²) in [6, 6.07) is 25.3. The molecule has 0 aliphatic carbocycles. The van der Waals surface area contributed by atoms with Crippen molar-refractivity contribution in [3.8, 4) is 11.5 Å². The standard InChI is InChI=1S/C39H47N5O5/c1-26(2)32-22-30(42-38(46)47)23-33(27(3)4)35(32)43-37(45)41-25-39(29-13-9-14-31(21-29)48-5)16-19-44(20-17-39)36-34(15-10-18-40-36)49-24-28-11-7-6-8-12-28/h6-15,18,21-23,26-27,42H,16-17,19-20,24-25H2,1-5H3,(H,46,47)(H2,41,43,45). The van der Waals surface area contributed by atoms with Crippen molar-refractivity contribution in [2.45, 2.75) is 64.4 Å². The number of carbonyl (C=O) groups is 2. The lowest BCUT2D eigenvalue weighted by atomic mass is 9.72. The Kier molecular flexibility index (Phi) is 11.3. The minimum Gasteiger partial charge on any atom is -0.497 e. The third-order valence-electron chi connectivity index (χ3n) is 9.21. The Morgan fingerprint density at radius 2 is 1.59 bits per heavy atom. The van der Waals surface area contributed by atoms with E-state index in [4.69, 9.17) is 14.5 Å². The molecule has 258 valence electrons. The molecule has 1 aliphatic heterocycles. The maximum Gasteiger partial charge on any atom is 0.409 e. The number of urea groups is 1. The van der Waals surface area contributed by atoms with Crippen molar-refractivity contribution >= 4 is 29.3 Å². The van der Waals surface area contributed by atoms with Crippen molar-refractivity contribution in [3.05, 3.63) is 107 Å². The molecule has 3 aromatic carbocycles. The number of piperidine rings is 1. The van der Waals surface area contributed by atoms with Crippen LogP contribution in [0.15, 0.2) is 85.1 Å². The van der Waals surface area contributed by atoms with Gasteiger partial charge in [-0.1, -0.05) is 70.2 Å². The molecule has 0 saturated carbocycles. The summed E-state index contributed by atoms with van der Waals surface area (Å²) in [5.74, 6) is 2.41. The van der Waals surface area contributed by atoms with E-state index in [1.807, 2.05) is 82.3 Å². The summed E-state index contributed by atoms with van der Waals surface area (Å²) in [7, 11) is 1.66. The average molecular weight is 666 g/mol. The van der Waals surface area contributed by atoms with Crippen LogP contribution in [0.4, 0.5) is 26.8 Å². The molecule has 0 bridgehead atoms. The number of nitrogens with zero attached hydrogens (tertiary/aromatic N) is 2. The van der Waals surface area contributed by atoms with E-state index in [-0.39, 0.29) is 23.3 Å². The van der Waals surface area contributed by atoms with Gasteiger partial charge in [0, 0.05) is 42.6 Å². The minimum absolute atomic E-state index is 0.0453. The minimum atomic E-state index is -1.13. The van der Waals surface area contributed by atoms with Gasteiger partial charge >= 0.3 is 12.1 Å². The van der Waals surface area contributed by atoms with Crippen LogP contribution in [0.5, 0.6) is 11.5 Å². The van der Waals surface area contributed by atoms with Gasteiger partial charge in [-0.15, -0.1) is 0 Å². The molecule has 2 heterocycles. The van der Waals surface area contributed by atoms with Gasteiger partial charge in [-0.25, -0.2) is 14.6 Å². The summed E-state index contributed by atoms with van der Waals surface area (Å²) in [4.78, 5) is 32.1. The van der Waals surface area contributed by atoms with Crippen LogP contribution in [-0.2, 0) is 12.0 Å². The second-order valence-corrected chi connectivity index (χ2v) is 13.2. The van der Waals surface area contributed by atoms with E-state index in [0.717, 1.165) is 52.4 Å². The van der Waals surface area contributed by atoms with E-state index in [1.165, 1.54) is 0 Å². The quantitative estimate of drug-likeness (QED) is 0.120. The molecule has 4 N–H and O–H groups in total. The molecule has 1 aliphatic rings. The number of pyridine rings is 1. The summed E-state index contributed by atoms with van der Waals surface area (Å²) in [5.41, 5.74) is 4.75. The van der Waals surface area contributed by atoms with Crippen LogP contribution in [0.3, 0.4) is 0 Å². The maximum absolute atomic E-state index is 13.7. The third kappa shape index (κ3) is 8.62. The fourth-order valence-electron chi connectivity index (χ4n) is 6.48. The molecule has 4 aromatic rings. The molecule has 0 atom stereocenters. The zero-order valence-corrected chi connectivity index (χ0v) is 29.0. The van der Waals surface area contributed by atoms with Crippen LogP contribution in [-0.4, -0.2) is 49.0 Å². The molecule has 10 nitrogen and oxygen atoms in total. The SMILES string of the molecule is COc1cccc(C2(CNC(=O)Nc3c(C(C)C)cc(NC(=O)O)cc3C(C)C)CCN(c3ncccc3OCc3ccccc3)CC2)c1.